The number of rotatable bonds is 12. The molecule has 0 aliphatic heterocycles. The molecular weight excluding hydrogens is 390 g/mol. The van der Waals surface area contributed by atoms with Crippen LogP contribution in [0.5, 0.6) is 0 Å². The summed E-state index contributed by atoms with van der Waals surface area (Å²) in [6.07, 6.45) is 2.63. The second-order valence-electron chi connectivity index (χ2n) is 6.63. The minimum atomic E-state index is -0.463. The van der Waals surface area contributed by atoms with Crippen LogP contribution in [-0.2, 0) is 22.6 Å². The summed E-state index contributed by atoms with van der Waals surface area (Å²) in [5.41, 5.74) is 7.68. The highest BCUT2D eigenvalue weighted by Crippen LogP contribution is 2.03. The normalized spacial score (nSPS) is 11.2. The van der Waals surface area contributed by atoms with Gasteiger partial charge in [0.05, 0.1) is 6.04 Å². The number of hydrogen-bond acceptors (Lipinski definition) is 4. The smallest absolute Gasteiger partial charge is 0.407 e. The van der Waals surface area contributed by atoms with Crippen LogP contribution >= 0.6 is 12.4 Å². The van der Waals surface area contributed by atoms with Gasteiger partial charge in [0.25, 0.3) is 0 Å². The predicted octanol–water partition coefficient (Wildman–Crippen LogP) is 3.19. The fraction of sp³-hybridized carbons (Fsp3) is 0.364. The largest absolute Gasteiger partial charge is 0.445 e. The van der Waals surface area contributed by atoms with Crippen LogP contribution in [0.2, 0.25) is 0 Å². The number of ether oxygens (including phenoxy) is 1. The molecule has 0 aliphatic carbocycles. The first-order valence-electron chi connectivity index (χ1n) is 9.66. The lowest BCUT2D eigenvalue weighted by Crippen LogP contribution is -2.42. The van der Waals surface area contributed by atoms with Crippen molar-refractivity contribution in [3.63, 3.8) is 0 Å². The van der Waals surface area contributed by atoms with E-state index in [9.17, 15) is 9.59 Å². The van der Waals surface area contributed by atoms with Crippen molar-refractivity contribution in [1.82, 2.24) is 10.6 Å². The molecule has 2 rings (SSSR count). The van der Waals surface area contributed by atoms with E-state index in [1.165, 1.54) is 5.56 Å². The molecule has 7 heteroatoms. The number of amides is 2. The Morgan fingerprint density at radius 1 is 0.897 bits per heavy atom. The summed E-state index contributed by atoms with van der Waals surface area (Å²) >= 11 is 0. The lowest BCUT2D eigenvalue weighted by atomic mass is 10.1. The molecular formula is C22H30ClN3O3. The van der Waals surface area contributed by atoms with Crippen LogP contribution in [0, 0.1) is 0 Å². The highest BCUT2D eigenvalue weighted by atomic mass is 35.5. The summed E-state index contributed by atoms with van der Waals surface area (Å²) in [6, 6.07) is 19.3. The number of benzene rings is 2. The van der Waals surface area contributed by atoms with Gasteiger partial charge in [0, 0.05) is 6.54 Å². The third-order valence-corrected chi connectivity index (χ3v) is 4.37. The third kappa shape index (κ3) is 10.5. The Bertz CT molecular complexity index is 714. The lowest BCUT2D eigenvalue weighted by Gasteiger charge is -2.15. The van der Waals surface area contributed by atoms with Crippen LogP contribution in [0.1, 0.15) is 30.4 Å². The van der Waals surface area contributed by atoms with E-state index in [-0.39, 0.29) is 24.9 Å². The topological polar surface area (TPSA) is 93.5 Å². The van der Waals surface area contributed by atoms with E-state index < -0.39 is 12.1 Å². The fourth-order valence-electron chi connectivity index (χ4n) is 2.83. The molecule has 0 bridgehead atoms. The zero-order chi connectivity index (χ0) is 20.0. The van der Waals surface area contributed by atoms with Crippen molar-refractivity contribution in [3.05, 3.63) is 71.8 Å². The van der Waals surface area contributed by atoms with Gasteiger partial charge in [-0.25, -0.2) is 4.79 Å². The molecule has 0 saturated carbocycles. The van der Waals surface area contributed by atoms with Gasteiger partial charge in [-0.1, -0.05) is 60.7 Å². The number of aryl methyl sites for hydroxylation is 1. The van der Waals surface area contributed by atoms with Gasteiger partial charge in [-0.15, -0.1) is 12.4 Å². The molecule has 0 fully saturated rings. The molecule has 1 atom stereocenters. The zero-order valence-electron chi connectivity index (χ0n) is 16.5. The first-order chi connectivity index (χ1) is 13.6. The van der Waals surface area contributed by atoms with Crippen molar-refractivity contribution in [2.75, 3.05) is 13.1 Å². The number of carbonyl (C=O) groups is 2. The van der Waals surface area contributed by atoms with Gasteiger partial charge in [0.1, 0.15) is 6.61 Å². The number of carbonyl (C=O) groups excluding carboxylic acids is 2. The molecule has 0 saturated heterocycles. The molecule has 2 aromatic carbocycles. The van der Waals surface area contributed by atoms with Gasteiger partial charge in [0.15, 0.2) is 0 Å². The number of nitrogens with two attached hydrogens (primary N) is 1. The summed E-state index contributed by atoms with van der Waals surface area (Å²) < 4.78 is 5.15. The first kappa shape index (κ1) is 24.5. The molecule has 0 heterocycles. The monoisotopic (exact) mass is 419 g/mol. The Kier molecular flexibility index (Phi) is 12.2. The van der Waals surface area contributed by atoms with Crippen LogP contribution in [0.25, 0.3) is 0 Å². The SMILES string of the molecule is Cl.NC(=O)[C@@H](CCCNC(=O)OCc1ccccc1)NCCCc1ccccc1. The van der Waals surface area contributed by atoms with Crippen molar-refractivity contribution in [2.24, 2.45) is 5.73 Å². The molecule has 29 heavy (non-hydrogen) atoms. The summed E-state index contributed by atoms with van der Waals surface area (Å²) in [4.78, 5) is 23.3. The molecule has 4 N–H and O–H groups in total. The van der Waals surface area contributed by atoms with Crippen molar-refractivity contribution in [3.8, 4) is 0 Å². The van der Waals surface area contributed by atoms with Crippen molar-refractivity contribution in [1.29, 1.82) is 0 Å². The lowest BCUT2D eigenvalue weighted by molar-refractivity contribution is -0.120. The van der Waals surface area contributed by atoms with Crippen LogP contribution in [0.3, 0.4) is 0 Å². The Labute approximate surface area is 178 Å². The van der Waals surface area contributed by atoms with E-state index in [0.717, 1.165) is 24.9 Å². The Hall–Kier alpha value is -2.57. The average Bonchev–Trinajstić information content (AvgIpc) is 2.72. The molecule has 6 nitrogen and oxygen atoms in total. The highest BCUT2D eigenvalue weighted by Gasteiger charge is 2.14. The van der Waals surface area contributed by atoms with E-state index >= 15 is 0 Å². The Morgan fingerprint density at radius 3 is 2.14 bits per heavy atom. The van der Waals surface area contributed by atoms with Gasteiger partial charge < -0.3 is 21.1 Å². The molecule has 2 aromatic rings. The van der Waals surface area contributed by atoms with Crippen LogP contribution in [-0.4, -0.2) is 31.1 Å². The van der Waals surface area contributed by atoms with E-state index in [1.54, 1.807) is 0 Å². The molecule has 0 spiro atoms. The van der Waals surface area contributed by atoms with Crippen LogP contribution in [0.4, 0.5) is 4.79 Å². The Morgan fingerprint density at radius 2 is 1.52 bits per heavy atom. The van der Waals surface area contributed by atoms with Gasteiger partial charge in [0.2, 0.25) is 5.91 Å². The van der Waals surface area contributed by atoms with E-state index in [0.29, 0.717) is 19.4 Å². The van der Waals surface area contributed by atoms with Crippen molar-refractivity contribution >= 4 is 24.4 Å². The molecule has 0 unspecified atom stereocenters. The first-order valence-corrected chi connectivity index (χ1v) is 9.66. The maximum absolute atomic E-state index is 11.7. The van der Waals surface area contributed by atoms with Crippen LogP contribution < -0.4 is 16.4 Å². The second-order valence-corrected chi connectivity index (χ2v) is 6.63. The third-order valence-electron chi connectivity index (χ3n) is 4.37. The maximum atomic E-state index is 11.7. The van der Waals surface area contributed by atoms with Gasteiger partial charge in [-0.05, 0) is 43.4 Å². The van der Waals surface area contributed by atoms with Gasteiger partial charge >= 0.3 is 6.09 Å². The zero-order valence-corrected chi connectivity index (χ0v) is 17.3. The minimum absolute atomic E-state index is 0. The van der Waals surface area contributed by atoms with Crippen molar-refractivity contribution < 1.29 is 14.3 Å². The van der Waals surface area contributed by atoms with Crippen molar-refractivity contribution in [2.45, 2.75) is 38.3 Å². The number of primary amides is 1. The second kappa shape index (κ2) is 14.4. The molecule has 0 aromatic heterocycles. The summed E-state index contributed by atoms with van der Waals surface area (Å²) in [7, 11) is 0. The fourth-order valence-corrected chi connectivity index (χ4v) is 2.83. The minimum Gasteiger partial charge on any atom is -0.445 e. The maximum Gasteiger partial charge on any atom is 0.407 e. The van der Waals surface area contributed by atoms with E-state index in [2.05, 4.69) is 22.8 Å². The summed E-state index contributed by atoms with van der Waals surface area (Å²) in [6.45, 7) is 1.39. The van der Waals surface area contributed by atoms with Crippen LogP contribution in [0.15, 0.2) is 60.7 Å². The molecule has 0 aliphatic rings. The molecule has 0 radical (unpaired) electrons. The summed E-state index contributed by atoms with van der Waals surface area (Å²) in [5, 5.41) is 5.90. The standard InChI is InChI=1S/C22H29N3O3.ClH/c23-21(26)20(24-15-7-13-18-9-3-1-4-10-18)14-8-16-25-22(27)28-17-19-11-5-2-6-12-19;/h1-6,9-12,20,24H,7-8,13-17H2,(H2,23,26)(H,25,27);1H/t20-;/m1./s1. The number of hydrogen-bond donors (Lipinski definition) is 3. The molecule has 158 valence electrons. The average molecular weight is 420 g/mol. The summed E-state index contributed by atoms with van der Waals surface area (Å²) in [5.74, 6) is -0.369. The number of halogens is 1. The highest BCUT2D eigenvalue weighted by molar-refractivity contribution is 5.85. The predicted molar refractivity (Wildman–Crippen MR) is 117 cm³/mol. The van der Waals surface area contributed by atoms with E-state index in [4.69, 9.17) is 10.5 Å². The van der Waals surface area contributed by atoms with Gasteiger partial charge in [-0.2, -0.15) is 0 Å². The van der Waals surface area contributed by atoms with E-state index in [1.807, 2.05) is 48.5 Å². The Balaban J connectivity index is 0.00000420. The number of nitrogens with one attached hydrogen (secondary N) is 2. The van der Waals surface area contributed by atoms with Gasteiger partial charge in [-0.3, -0.25) is 4.79 Å². The number of alkyl carbamates (subject to hydrolysis) is 1. The molecule has 2 amide bonds. The quantitative estimate of drug-likeness (QED) is 0.460.